The minimum atomic E-state index is 0.137. The maximum Gasteiger partial charge on any atom is 0.220 e. The lowest BCUT2D eigenvalue weighted by atomic mass is 9.88. The van der Waals surface area contributed by atoms with Crippen LogP contribution in [0.5, 0.6) is 0 Å². The number of nitrogens with two attached hydrogens (primary N) is 1. The van der Waals surface area contributed by atoms with Gasteiger partial charge in [-0.3, -0.25) is 4.79 Å². The molecule has 108 valence electrons. The molecule has 0 spiro atoms. The summed E-state index contributed by atoms with van der Waals surface area (Å²) < 4.78 is 0. The molecule has 0 bridgehead atoms. The van der Waals surface area contributed by atoms with Gasteiger partial charge in [0.2, 0.25) is 5.91 Å². The van der Waals surface area contributed by atoms with Crippen molar-refractivity contribution in [2.45, 2.75) is 39.5 Å². The van der Waals surface area contributed by atoms with Gasteiger partial charge in [-0.2, -0.15) is 0 Å². The van der Waals surface area contributed by atoms with Crippen LogP contribution in [0.3, 0.4) is 0 Å². The molecule has 1 unspecified atom stereocenters. The van der Waals surface area contributed by atoms with Crippen LogP contribution in [-0.4, -0.2) is 24.0 Å². The molecule has 1 atom stereocenters. The highest BCUT2D eigenvalue weighted by atomic mass is 32.1. The van der Waals surface area contributed by atoms with Crippen molar-refractivity contribution >= 4 is 17.2 Å². The molecule has 4 nitrogen and oxygen atoms in total. The monoisotopic (exact) mass is 283 g/mol. The summed E-state index contributed by atoms with van der Waals surface area (Å²) in [6.07, 6.45) is 3.34. The summed E-state index contributed by atoms with van der Waals surface area (Å²) in [5, 5.41) is 4.97. The van der Waals surface area contributed by atoms with E-state index in [-0.39, 0.29) is 5.91 Å². The summed E-state index contributed by atoms with van der Waals surface area (Å²) >= 11 is 1.59. The van der Waals surface area contributed by atoms with Crippen LogP contribution in [-0.2, 0) is 11.2 Å². The van der Waals surface area contributed by atoms with Crippen molar-refractivity contribution in [1.29, 1.82) is 0 Å². The van der Waals surface area contributed by atoms with E-state index in [4.69, 9.17) is 5.73 Å². The van der Waals surface area contributed by atoms with Gasteiger partial charge in [-0.05, 0) is 31.2 Å². The highest BCUT2D eigenvalue weighted by Gasteiger charge is 2.14. The van der Waals surface area contributed by atoms with Crippen LogP contribution in [0, 0.1) is 11.8 Å². The van der Waals surface area contributed by atoms with Crippen molar-refractivity contribution in [3.8, 4) is 0 Å². The Balaban J connectivity index is 2.16. The maximum atomic E-state index is 11.7. The summed E-state index contributed by atoms with van der Waals surface area (Å²) in [7, 11) is 0. The van der Waals surface area contributed by atoms with E-state index in [2.05, 4.69) is 24.1 Å². The predicted octanol–water partition coefficient (Wildman–Crippen LogP) is 2.20. The Morgan fingerprint density at radius 2 is 2.26 bits per heavy atom. The predicted molar refractivity (Wildman–Crippen MR) is 80.1 cm³/mol. The highest BCUT2D eigenvalue weighted by molar-refractivity contribution is 7.07. The zero-order valence-electron chi connectivity index (χ0n) is 11.9. The van der Waals surface area contributed by atoms with Crippen molar-refractivity contribution < 1.29 is 4.79 Å². The second-order valence-corrected chi connectivity index (χ2v) is 5.92. The van der Waals surface area contributed by atoms with Gasteiger partial charge in [0.15, 0.2) is 0 Å². The summed E-state index contributed by atoms with van der Waals surface area (Å²) in [5.41, 5.74) is 8.47. The number of aromatic nitrogens is 1. The Bertz CT molecular complexity index is 352. The molecule has 0 aliphatic heterocycles. The summed E-state index contributed by atoms with van der Waals surface area (Å²) in [5.74, 6) is 1.28. The summed E-state index contributed by atoms with van der Waals surface area (Å²) in [4.78, 5) is 15.9. The topological polar surface area (TPSA) is 68.0 Å². The Morgan fingerprint density at radius 3 is 2.84 bits per heavy atom. The van der Waals surface area contributed by atoms with E-state index in [1.54, 1.807) is 11.3 Å². The first-order valence-electron chi connectivity index (χ1n) is 6.97. The smallest absolute Gasteiger partial charge is 0.220 e. The van der Waals surface area contributed by atoms with Crippen LogP contribution in [0.4, 0.5) is 0 Å². The molecule has 1 aromatic rings. The largest absolute Gasteiger partial charge is 0.356 e. The molecule has 1 amide bonds. The number of thiazole rings is 1. The van der Waals surface area contributed by atoms with Gasteiger partial charge in [-0.25, -0.2) is 4.98 Å². The first-order chi connectivity index (χ1) is 9.13. The van der Waals surface area contributed by atoms with Gasteiger partial charge >= 0.3 is 0 Å². The molecule has 0 radical (unpaired) electrons. The molecular formula is C14H25N3OS. The molecule has 1 rings (SSSR count). The summed E-state index contributed by atoms with van der Waals surface area (Å²) in [6, 6.07) is 0. The molecule has 0 aromatic carbocycles. The SMILES string of the molecule is CC(C)C(CCN)CCC(=O)NCCc1cscn1. The van der Waals surface area contributed by atoms with E-state index in [1.165, 1.54) is 0 Å². The van der Waals surface area contributed by atoms with Crippen LogP contribution >= 0.6 is 11.3 Å². The van der Waals surface area contributed by atoms with Crippen LogP contribution in [0.2, 0.25) is 0 Å². The minimum absolute atomic E-state index is 0.137. The van der Waals surface area contributed by atoms with Crippen LogP contribution in [0.15, 0.2) is 10.9 Å². The highest BCUT2D eigenvalue weighted by Crippen LogP contribution is 2.20. The second kappa shape index (κ2) is 9.04. The Hall–Kier alpha value is -0.940. The van der Waals surface area contributed by atoms with Gasteiger partial charge in [0.25, 0.3) is 0 Å². The number of carbonyl (C=O) groups is 1. The number of rotatable bonds is 9. The molecular weight excluding hydrogens is 258 g/mol. The molecule has 5 heteroatoms. The van der Waals surface area contributed by atoms with E-state index in [0.717, 1.165) is 25.0 Å². The van der Waals surface area contributed by atoms with E-state index in [0.29, 0.717) is 31.3 Å². The first kappa shape index (κ1) is 16.1. The molecule has 1 heterocycles. The molecule has 0 saturated carbocycles. The molecule has 0 fully saturated rings. The third kappa shape index (κ3) is 6.68. The number of hydrogen-bond donors (Lipinski definition) is 2. The van der Waals surface area contributed by atoms with Gasteiger partial charge in [0.05, 0.1) is 11.2 Å². The number of carbonyl (C=O) groups excluding carboxylic acids is 1. The van der Waals surface area contributed by atoms with Gasteiger partial charge in [-0.15, -0.1) is 11.3 Å². The lowest BCUT2D eigenvalue weighted by Gasteiger charge is -2.19. The average Bonchev–Trinajstić information content (AvgIpc) is 2.87. The molecule has 0 saturated heterocycles. The van der Waals surface area contributed by atoms with Crippen molar-refractivity contribution in [3.05, 3.63) is 16.6 Å². The van der Waals surface area contributed by atoms with E-state index >= 15 is 0 Å². The Kier molecular flexibility index (Phi) is 7.67. The second-order valence-electron chi connectivity index (χ2n) is 5.20. The Labute approximate surface area is 119 Å². The van der Waals surface area contributed by atoms with Crippen molar-refractivity contribution in [3.63, 3.8) is 0 Å². The lowest BCUT2D eigenvalue weighted by Crippen LogP contribution is -2.26. The number of nitrogens with one attached hydrogen (secondary N) is 1. The van der Waals surface area contributed by atoms with Crippen LogP contribution < -0.4 is 11.1 Å². The van der Waals surface area contributed by atoms with Gasteiger partial charge in [0, 0.05) is 24.8 Å². The minimum Gasteiger partial charge on any atom is -0.356 e. The van der Waals surface area contributed by atoms with Gasteiger partial charge in [-0.1, -0.05) is 13.8 Å². The van der Waals surface area contributed by atoms with E-state index < -0.39 is 0 Å². The third-order valence-electron chi connectivity index (χ3n) is 3.41. The number of nitrogens with zero attached hydrogens (tertiary/aromatic N) is 1. The van der Waals surface area contributed by atoms with Gasteiger partial charge in [0.1, 0.15) is 0 Å². The number of amides is 1. The van der Waals surface area contributed by atoms with E-state index in [1.807, 2.05) is 10.9 Å². The fraction of sp³-hybridized carbons (Fsp3) is 0.714. The summed E-state index contributed by atoms with van der Waals surface area (Å²) in [6.45, 7) is 5.76. The van der Waals surface area contributed by atoms with Gasteiger partial charge < -0.3 is 11.1 Å². The first-order valence-corrected chi connectivity index (χ1v) is 7.91. The van der Waals surface area contributed by atoms with Crippen molar-refractivity contribution in [1.82, 2.24) is 10.3 Å². The lowest BCUT2D eigenvalue weighted by molar-refractivity contribution is -0.121. The fourth-order valence-electron chi connectivity index (χ4n) is 2.12. The van der Waals surface area contributed by atoms with Crippen LogP contribution in [0.25, 0.3) is 0 Å². The van der Waals surface area contributed by atoms with Crippen molar-refractivity contribution in [2.24, 2.45) is 17.6 Å². The zero-order chi connectivity index (χ0) is 14.1. The molecule has 3 N–H and O–H groups in total. The average molecular weight is 283 g/mol. The third-order valence-corrected chi connectivity index (χ3v) is 4.04. The standard InChI is InChI=1S/C14H25N3OS/c1-11(2)12(5-7-15)3-4-14(18)16-8-6-13-9-19-10-17-13/h9-12H,3-8,15H2,1-2H3,(H,16,18). The zero-order valence-corrected chi connectivity index (χ0v) is 12.7. The molecule has 0 aliphatic carbocycles. The number of hydrogen-bond acceptors (Lipinski definition) is 4. The molecule has 0 aliphatic rings. The van der Waals surface area contributed by atoms with Crippen LogP contribution in [0.1, 0.15) is 38.8 Å². The fourth-order valence-corrected chi connectivity index (χ4v) is 2.71. The maximum absolute atomic E-state index is 11.7. The molecule has 1 aromatic heterocycles. The normalized spacial score (nSPS) is 12.6. The Morgan fingerprint density at radius 1 is 1.47 bits per heavy atom. The quantitative estimate of drug-likeness (QED) is 0.730. The molecule has 19 heavy (non-hydrogen) atoms. The van der Waals surface area contributed by atoms with Crippen molar-refractivity contribution in [2.75, 3.05) is 13.1 Å². The van der Waals surface area contributed by atoms with E-state index in [9.17, 15) is 4.79 Å².